The lowest BCUT2D eigenvalue weighted by atomic mass is 10.5. The molecule has 0 aliphatic heterocycles. The van der Waals surface area contributed by atoms with Crippen molar-refractivity contribution >= 4 is 6.21 Å². The molecule has 0 fully saturated rings. The average Bonchev–Trinajstić information content (AvgIpc) is 1.68. The second-order valence-corrected chi connectivity index (χ2v) is 1.14. The van der Waals surface area contributed by atoms with Crippen molar-refractivity contribution < 1.29 is 5.32 Å². The first kappa shape index (κ1) is 6.17. The molecule has 0 rings (SSSR count). The van der Waals surface area contributed by atoms with Crippen LogP contribution in [0.5, 0.6) is 0 Å². The van der Waals surface area contributed by atoms with Crippen LogP contribution in [-0.2, 0) is 0 Å². The number of nitrogens with two attached hydrogens (primary N) is 2. The van der Waals surface area contributed by atoms with Gasteiger partial charge in [0.25, 0.3) is 0 Å². The van der Waals surface area contributed by atoms with Gasteiger partial charge in [0, 0.05) is 6.21 Å². The lowest BCUT2D eigenvalue weighted by molar-refractivity contribution is -0.557. The van der Waals surface area contributed by atoms with Gasteiger partial charge in [-0.05, 0) is 0 Å². The van der Waals surface area contributed by atoms with Gasteiger partial charge in [-0.25, -0.2) is 0 Å². The molecule has 0 saturated heterocycles. The third-order valence-electron chi connectivity index (χ3n) is 0.526. The maximum absolute atomic E-state index is 6.57. The van der Waals surface area contributed by atoms with E-state index in [-0.39, 0.29) is 0 Å². The summed E-state index contributed by atoms with van der Waals surface area (Å²) in [7, 11) is 1.86. The molecule has 40 valence electrons. The summed E-state index contributed by atoms with van der Waals surface area (Å²) in [5.41, 5.74) is 5.66. The zero-order chi connectivity index (χ0) is 5.70. The minimum absolute atomic E-state index is 0.488. The Hall–Kier alpha value is -0.830. The summed E-state index contributed by atoms with van der Waals surface area (Å²) in [6, 6.07) is 0. The van der Waals surface area contributed by atoms with Crippen LogP contribution in [0, 0.1) is 5.41 Å². The van der Waals surface area contributed by atoms with E-state index < -0.39 is 0 Å². The average molecular weight is 100 g/mol. The Kier molecular flexibility index (Phi) is 2.96. The SMILES string of the molecule is C[NH2+]/C=C(/N)C=N. The summed E-state index contributed by atoms with van der Waals surface area (Å²) in [6.45, 7) is 0. The van der Waals surface area contributed by atoms with Crippen molar-refractivity contribution in [2.45, 2.75) is 0 Å². The standard InChI is InChI=1S/C4H9N3/c1-7-3-4(6)2-5/h2-3,5,7H,6H2,1H3/p+1/b4-3+,5-2?. The molecule has 0 amide bonds. The maximum Gasteiger partial charge on any atom is 0.117 e. The summed E-state index contributed by atoms with van der Waals surface area (Å²) in [6.07, 6.45) is 2.78. The fourth-order valence-electron chi connectivity index (χ4n) is 0.241. The van der Waals surface area contributed by atoms with E-state index in [9.17, 15) is 0 Å². The van der Waals surface area contributed by atoms with Gasteiger partial charge in [-0.1, -0.05) is 0 Å². The first-order valence-corrected chi connectivity index (χ1v) is 2.07. The molecule has 0 saturated carbocycles. The van der Waals surface area contributed by atoms with E-state index in [1.54, 1.807) is 11.5 Å². The van der Waals surface area contributed by atoms with Gasteiger partial charge < -0.3 is 16.5 Å². The predicted molar refractivity (Wildman–Crippen MR) is 28.9 cm³/mol. The van der Waals surface area contributed by atoms with Crippen LogP contribution in [0.25, 0.3) is 0 Å². The van der Waals surface area contributed by atoms with Crippen molar-refractivity contribution in [2.24, 2.45) is 5.73 Å². The van der Waals surface area contributed by atoms with Gasteiger partial charge in [0.15, 0.2) is 0 Å². The number of nitrogens with one attached hydrogen (secondary N) is 1. The Bertz CT molecular complexity index is 84.9. The monoisotopic (exact) mass is 100 g/mol. The Morgan fingerprint density at radius 3 is 2.57 bits per heavy atom. The molecule has 0 aliphatic rings. The Morgan fingerprint density at radius 1 is 1.86 bits per heavy atom. The quantitative estimate of drug-likeness (QED) is 0.368. The van der Waals surface area contributed by atoms with Crippen LogP contribution in [0.15, 0.2) is 11.9 Å². The van der Waals surface area contributed by atoms with Crippen molar-refractivity contribution in [3.8, 4) is 0 Å². The molecule has 0 spiro atoms. The van der Waals surface area contributed by atoms with Gasteiger partial charge in [-0.2, -0.15) is 0 Å². The molecular formula is C4H10N3+. The van der Waals surface area contributed by atoms with Gasteiger partial charge in [0.05, 0.1) is 7.05 Å². The van der Waals surface area contributed by atoms with Gasteiger partial charge in [0.1, 0.15) is 11.9 Å². The topological polar surface area (TPSA) is 66.5 Å². The second-order valence-electron chi connectivity index (χ2n) is 1.14. The third-order valence-corrected chi connectivity index (χ3v) is 0.526. The van der Waals surface area contributed by atoms with Crippen molar-refractivity contribution in [3.05, 3.63) is 11.9 Å². The van der Waals surface area contributed by atoms with Gasteiger partial charge in [-0.3, -0.25) is 0 Å². The largest absolute Gasteiger partial charge is 0.393 e. The molecule has 0 aliphatic carbocycles. The van der Waals surface area contributed by atoms with E-state index in [1.165, 1.54) is 0 Å². The third kappa shape index (κ3) is 2.99. The maximum atomic E-state index is 6.57. The van der Waals surface area contributed by atoms with Crippen LogP contribution in [-0.4, -0.2) is 13.3 Å². The highest BCUT2D eigenvalue weighted by atomic mass is 14.8. The molecule has 7 heavy (non-hydrogen) atoms. The first-order chi connectivity index (χ1) is 3.31. The van der Waals surface area contributed by atoms with Crippen molar-refractivity contribution in [2.75, 3.05) is 7.05 Å². The predicted octanol–water partition coefficient (Wildman–Crippen LogP) is -1.37. The summed E-state index contributed by atoms with van der Waals surface area (Å²) in [5.74, 6) is 0. The van der Waals surface area contributed by atoms with E-state index in [0.29, 0.717) is 5.70 Å². The highest BCUT2D eigenvalue weighted by molar-refractivity contribution is 5.73. The van der Waals surface area contributed by atoms with Crippen LogP contribution in [0.1, 0.15) is 0 Å². The minimum Gasteiger partial charge on any atom is -0.393 e. The highest BCUT2D eigenvalue weighted by Gasteiger charge is 1.76. The van der Waals surface area contributed by atoms with Gasteiger partial charge in [0.2, 0.25) is 0 Å². The van der Waals surface area contributed by atoms with Crippen molar-refractivity contribution in [1.29, 1.82) is 5.41 Å². The number of allylic oxidation sites excluding steroid dienone is 1. The molecule has 0 aromatic rings. The summed E-state index contributed by atoms with van der Waals surface area (Å²) in [5, 5.41) is 8.37. The molecule has 3 nitrogen and oxygen atoms in total. The van der Waals surface area contributed by atoms with Crippen molar-refractivity contribution in [1.82, 2.24) is 0 Å². The molecule has 0 bridgehead atoms. The lowest BCUT2D eigenvalue weighted by Gasteiger charge is -1.81. The van der Waals surface area contributed by atoms with Crippen LogP contribution in [0.2, 0.25) is 0 Å². The summed E-state index contributed by atoms with van der Waals surface area (Å²) >= 11 is 0. The fourth-order valence-corrected chi connectivity index (χ4v) is 0.241. The Morgan fingerprint density at radius 2 is 2.43 bits per heavy atom. The number of hydrogen-bond donors (Lipinski definition) is 3. The normalized spacial score (nSPS) is 11.3. The molecule has 0 aromatic heterocycles. The molecule has 3 heteroatoms. The van der Waals surface area contributed by atoms with E-state index in [1.807, 2.05) is 7.05 Å². The minimum atomic E-state index is 0.488. The molecule has 0 unspecified atom stereocenters. The van der Waals surface area contributed by atoms with Crippen LogP contribution in [0.3, 0.4) is 0 Å². The summed E-state index contributed by atoms with van der Waals surface area (Å²) in [4.78, 5) is 0. The van der Waals surface area contributed by atoms with E-state index in [0.717, 1.165) is 6.21 Å². The summed E-state index contributed by atoms with van der Waals surface area (Å²) < 4.78 is 0. The van der Waals surface area contributed by atoms with E-state index in [2.05, 4.69) is 0 Å². The molecular weight excluding hydrogens is 90.1 g/mol. The lowest BCUT2D eigenvalue weighted by Crippen LogP contribution is -2.73. The zero-order valence-corrected chi connectivity index (χ0v) is 4.31. The number of hydrogen-bond acceptors (Lipinski definition) is 2. The Balaban J connectivity index is 3.49. The fraction of sp³-hybridized carbons (Fsp3) is 0.250. The molecule has 0 radical (unpaired) electrons. The van der Waals surface area contributed by atoms with Gasteiger partial charge in [-0.15, -0.1) is 0 Å². The van der Waals surface area contributed by atoms with Crippen molar-refractivity contribution in [3.63, 3.8) is 0 Å². The molecule has 5 N–H and O–H groups in total. The zero-order valence-electron chi connectivity index (χ0n) is 4.31. The molecule has 0 atom stereocenters. The molecule has 0 aromatic carbocycles. The van der Waals surface area contributed by atoms with Crippen LogP contribution in [0.4, 0.5) is 0 Å². The second kappa shape index (κ2) is 3.36. The number of quaternary nitrogens is 1. The van der Waals surface area contributed by atoms with E-state index in [4.69, 9.17) is 11.1 Å². The van der Waals surface area contributed by atoms with Crippen LogP contribution >= 0.6 is 0 Å². The molecule has 0 heterocycles. The van der Waals surface area contributed by atoms with Crippen LogP contribution < -0.4 is 11.1 Å². The highest BCUT2D eigenvalue weighted by Crippen LogP contribution is 1.62. The smallest absolute Gasteiger partial charge is 0.117 e. The first-order valence-electron chi connectivity index (χ1n) is 2.07. The van der Waals surface area contributed by atoms with Gasteiger partial charge >= 0.3 is 0 Å². The Labute approximate surface area is 42.7 Å². The van der Waals surface area contributed by atoms with E-state index >= 15 is 0 Å². The number of rotatable bonds is 2.